The quantitative estimate of drug-likeness (QED) is 0.100. The van der Waals surface area contributed by atoms with Gasteiger partial charge in [-0.1, -0.05) is 95.2 Å². The molecule has 0 aromatic rings. The first-order valence-corrected chi connectivity index (χ1v) is 32.7. The summed E-state index contributed by atoms with van der Waals surface area (Å²) in [5.74, 6) is -11.1. The van der Waals surface area contributed by atoms with E-state index in [9.17, 15) is 39.0 Å². The SMILES string of the molecule is C/C=C/C[C@@H](C)[C@@H](O)[C@H]1C(=O)N[C@@H](CC)C(=O)N2CC(OC(=O)N3CC3)C[C@@H]2C(=O)N(C)C([C@@H](C)O)C(=O)N[C@@H](C(C)C)C(=O)N(C)[C@@H](CC(C)C)C(=O)N[C@@H](C)C(=O)N[C@H](C)C(=O)N(C)[C@@H](CC(C)C)C(=O)N(C)[C@@H](CC(C)C)C(=O)N(C)[C@@H](C(C)C)C(=O)N1C. The minimum Gasteiger partial charge on any atom is -0.444 e. The normalized spacial score (nSPS) is 28.8. The number of carbonyl (C=O) groups excluding carboxylic acids is 12. The predicted molar refractivity (Wildman–Crippen MR) is 345 cm³/mol. The van der Waals surface area contributed by atoms with Crippen molar-refractivity contribution in [3.8, 4) is 0 Å². The fourth-order valence-corrected chi connectivity index (χ4v) is 12.1. The molecule has 2 unspecified atom stereocenters. The molecule has 522 valence electrons. The number of rotatable bonds is 15. The van der Waals surface area contributed by atoms with E-state index < -0.39 is 174 Å². The Morgan fingerprint density at radius 2 is 1.00 bits per heavy atom. The van der Waals surface area contributed by atoms with Crippen LogP contribution in [0.2, 0.25) is 0 Å². The second-order valence-corrected chi connectivity index (χ2v) is 27.6. The lowest BCUT2D eigenvalue weighted by Crippen LogP contribution is -2.64. The molecule has 3 aliphatic rings. The second kappa shape index (κ2) is 34.8. The molecule has 3 aliphatic heterocycles. The molecule has 15 atom stereocenters. The van der Waals surface area contributed by atoms with Crippen molar-refractivity contribution in [3.05, 3.63) is 12.2 Å². The standard InChI is InChI=1S/C65H112N12O15/c1-23-25-26-39(13)53(79)52-57(83)68-44(24-2)59(85)77-33-43(92-65(91)76-27-28-76)32-48(77)62(88)74(21)51(42(16)78)56(82)69-49(37(9)10)63(89)70(17)45(29-34(3)4)55(81)66-40(14)54(80)67-41(15)58(84)71(18)46(30-35(5)6)60(86)72(19)47(31-36(7)8)61(87)73(20)50(38(11)12)64(90)75(52)22/h23,25,34-53,78-79H,24,26-33H2,1-22H3,(H,66,81)(H,67,80)(H,68,83)(H,69,82)/b25-23+/t39-,40+,41-,42-,43?,44+,45+,46+,47+,48-,49+,50+,51?,52+,53-/m1/s1. The van der Waals surface area contributed by atoms with Crippen molar-refractivity contribution < 1.29 is 72.5 Å². The van der Waals surface area contributed by atoms with Gasteiger partial charge in [-0.05, 0) is 95.3 Å². The molecule has 0 radical (unpaired) electrons. The molecule has 0 aliphatic carbocycles. The van der Waals surface area contributed by atoms with Gasteiger partial charge in [0.1, 0.15) is 72.6 Å². The number of nitrogens with zero attached hydrogens (tertiary/aromatic N) is 8. The van der Waals surface area contributed by atoms with Crippen molar-refractivity contribution in [2.75, 3.05) is 61.9 Å². The Labute approximate surface area is 545 Å². The van der Waals surface area contributed by atoms with Crippen molar-refractivity contribution >= 4 is 71.1 Å². The highest BCUT2D eigenvalue weighted by atomic mass is 16.6. The van der Waals surface area contributed by atoms with Crippen LogP contribution in [0.3, 0.4) is 0 Å². The maximum atomic E-state index is 15.3. The Morgan fingerprint density at radius 3 is 1.48 bits per heavy atom. The maximum absolute atomic E-state index is 15.3. The molecular weight excluding hydrogens is 1190 g/mol. The lowest BCUT2D eigenvalue weighted by molar-refractivity contribution is -0.157. The summed E-state index contributed by atoms with van der Waals surface area (Å²) >= 11 is 0. The van der Waals surface area contributed by atoms with Crippen LogP contribution in [0.1, 0.15) is 149 Å². The van der Waals surface area contributed by atoms with E-state index in [1.165, 1.54) is 82.7 Å². The van der Waals surface area contributed by atoms with Gasteiger partial charge >= 0.3 is 6.09 Å². The number of allylic oxidation sites excluding steroid dienone is 2. The number of ether oxygens (including phenoxy) is 1. The van der Waals surface area contributed by atoms with Crippen LogP contribution in [0.25, 0.3) is 0 Å². The first-order chi connectivity index (χ1) is 42.7. The number of likely N-dealkylation sites (N-methyl/N-ethyl adjacent to an activating group) is 6. The molecule has 0 bridgehead atoms. The monoisotopic (exact) mass is 1300 g/mol. The van der Waals surface area contributed by atoms with E-state index in [1.807, 2.05) is 41.5 Å². The highest BCUT2D eigenvalue weighted by Gasteiger charge is 2.50. The Kier molecular flexibility index (Phi) is 30.0. The van der Waals surface area contributed by atoms with E-state index in [1.54, 1.807) is 60.6 Å². The first-order valence-electron chi connectivity index (χ1n) is 32.7. The second-order valence-electron chi connectivity index (χ2n) is 27.6. The van der Waals surface area contributed by atoms with Gasteiger partial charge in [0, 0.05) is 61.8 Å². The molecule has 3 rings (SSSR count). The first kappa shape index (κ1) is 79.3. The van der Waals surface area contributed by atoms with Crippen LogP contribution in [0, 0.1) is 35.5 Å². The Hall–Kier alpha value is -6.90. The van der Waals surface area contributed by atoms with E-state index in [-0.39, 0.29) is 62.8 Å². The van der Waals surface area contributed by atoms with Crippen LogP contribution < -0.4 is 21.3 Å². The number of hydrogen-bond acceptors (Lipinski definition) is 15. The van der Waals surface area contributed by atoms with Crippen LogP contribution >= 0.6 is 0 Å². The van der Waals surface area contributed by atoms with Gasteiger partial charge in [0.25, 0.3) is 0 Å². The number of aliphatic hydroxyl groups excluding tert-OH is 2. The molecule has 92 heavy (non-hydrogen) atoms. The van der Waals surface area contributed by atoms with Crippen molar-refractivity contribution in [3.63, 3.8) is 0 Å². The van der Waals surface area contributed by atoms with Gasteiger partial charge in [-0.25, -0.2) is 4.79 Å². The van der Waals surface area contributed by atoms with E-state index >= 15 is 28.8 Å². The molecule has 12 amide bonds. The number of hydrogen-bond donors (Lipinski definition) is 6. The van der Waals surface area contributed by atoms with Gasteiger partial charge in [0.05, 0.1) is 18.8 Å². The van der Waals surface area contributed by atoms with Gasteiger partial charge in [0.15, 0.2) is 0 Å². The zero-order valence-corrected chi connectivity index (χ0v) is 58.8. The molecule has 0 aromatic carbocycles. The molecule has 27 heteroatoms. The summed E-state index contributed by atoms with van der Waals surface area (Å²) in [6, 6.07) is -15.2. The average molecular weight is 1300 g/mol. The van der Waals surface area contributed by atoms with E-state index in [0.717, 1.165) is 19.6 Å². The van der Waals surface area contributed by atoms with E-state index in [2.05, 4.69) is 21.3 Å². The summed E-state index contributed by atoms with van der Waals surface area (Å²) in [4.78, 5) is 185. The number of carbonyl (C=O) groups is 12. The minimum absolute atomic E-state index is 0.0909. The van der Waals surface area contributed by atoms with Gasteiger partial charge in [-0.2, -0.15) is 0 Å². The molecule has 6 N–H and O–H groups in total. The summed E-state index contributed by atoms with van der Waals surface area (Å²) in [5, 5.41) is 34.4. The third-order valence-corrected chi connectivity index (χ3v) is 17.8. The summed E-state index contributed by atoms with van der Waals surface area (Å²) in [6.45, 7) is 27.4. The van der Waals surface area contributed by atoms with Gasteiger partial charge in [-0.15, -0.1) is 0 Å². The molecule has 3 saturated heterocycles. The molecular formula is C65H112N12O15. The third-order valence-electron chi connectivity index (χ3n) is 17.8. The van der Waals surface area contributed by atoms with Gasteiger partial charge in [-0.3, -0.25) is 52.7 Å². The lowest BCUT2D eigenvalue weighted by atomic mass is 9.91. The van der Waals surface area contributed by atoms with E-state index in [0.29, 0.717) is 13.1 Å². The third kappa shape index (κ3) is 20.3. The molecule has 0 aromatic heterocycles. The summed E-state index contributed by atoms with van der Waals surface area (Å²) in [6.07, 6.45) is -1.21. The van der Waals surface area contributed by atoms with Crippen LogP contribution in [0.15, 0.2) is 12.2 Å². The van der Waals surface area contributed by atoms with Crippen molar-refractivity contribution in [1.29, 1.82) is 0 Å². The number of fused-ring (bicyclic) bond motifs is 1. The Balaban J connectivity index is 2.38. The number of amides is 12. The summed E-state index contributed by atoms with van der Waals surface area (Å²) in [7, 11) is 8.18. The number of aliphatic hydroxyl groups is 2. The van der Waals surface area contributed by atoms with Gasteiger partial charge < -0.3 is 75.4 Å². The highest BCUT2D eigenvalue weighted by Crippen LogP contribution is 2.29. The fourth-order valence-electron chi connectivity index (χ4n) is 12.1. The smallest absolute Gasteiger partial charge is 0.410 e. The highest BCUT2D eigenvalue weighted by molar-refractivity contribution is 6.00. The van der Waals surface area contributed by atoms with E-state index in [4.69, 9.17) is 4.74 Å². The maximum Gasteiger partial charge on any atom is 0.410 e. The van der Waals surface area contributed by atoms with Crippen molar-refractivity contribution in [2.45, 2.75) is 234 Å². The van der Waals surface area contributed by atoms with Crippen LogP contribution in [-0.2, 0) is 57.5 Å². The Morgan fingerprint density at radius 1 is 0.533 bits per heavy atom. The van der Waals surface area contributed by atoms with Gasteiger partial charge in [0.2, 0.25) is 65.0 Å². The zero-order chi connectivity index (χ0) is 70.4. The molecule has 3 fully saturated rings. The van der Waals surface area contributed by atoms with Crippen molar-refractivity contribution in [2.24, 2.45) is 35.5 Å². The van der Waals surface area contributed by atoms with Crippen LogP contribution in [0.5, 0.6) is 0 Å². The predicted octanol–water partition coefficient (Wildman–Crippen LogP) is 1.57. The number of nitrogens with one attached hydrogen (secondary N) is 4. The van der Waals surface area contributed by atoms with Crippen LogP contribution in [-0.4, -0.2) is 267 Å². The molecule has 27 nitrogen and oxygen atoms in total. The minimum atomic E-state index is -1.71. The Bertz CT molecular complexity index is 2650. The van der Waals surface area contributed by atoms with Crippen molar-refractivity contribution in [1.82, 2.24) is 60.5 Å². The largest absolute Gasteiger partial charge is 0.444 e. The summed E-state index contributed by atoms with van der Waals surface area (Å²) < 4.78 is 5.79. The molecule has 3 heterocycles. The lowest BCUT2D eigenvalue weighted by Gasteiger charge is -2.41. The topological polar surface area (TPSA) is 328 Å². The summed E-state index contributed by atoms with van der Waals surface area (Å²) in [5.41, 5.74) is 0. The average Bonchev–Trinajstić information content (AvgIpc) is 1.18. The molecule has 0 saturated carbocycles. The molecule has 0 spiro atoms. The van der Waals surface area contributed by atoms with Crippen LogP contribution in [0.4, 0.5) is 4.79 Å². The zero-order valence-electron chi connectivity index (χ0n) is 58.8. The fraction of sp³-hybridized carbons (Fsp3) is 0.785.